The van der Waals surface area contributed by atoms with E-state index in [1.165, 1.54) is 103 Å². The minimum absolute atomic E-state index is 0.160. The molecule has 0 bridgehead atoms. The maximum Gasteiger partial charge on any atom is 0.306 e. The molecule has 6 atom stereocenters. The predicted molar refractivity (Wildman–Crippen MR) is 229 cm³/mol. The van der Waals surface area contributed by atoms with Crippen LogP contribution in [0.5, 0.6) is 0 Å². The van der Waals surface area contributed by atoms with Crippen molar-refractivity contribution >= 4 is 22.1 Å². The molecule has 0 aromatic carbocycles. The van der Waals surface area contributed by atoms with Crippen LogP contribution >= 0.6 is 0 Å². The molecular weight excluding hydrogens is 765 g/mol. The molecule has 0 aliphatic carbocycles. The van der Waals surface area contributed by atoms with E-state index in [4.69, 9.17) is 18.9 Å². The number of aliphatic hydroxyl groups is 3. The number of rotatable bonds is 38. The van der Waals surface area contributed by atoms with Gasteiger partial charge in [0.1, 0.15) is 36.8 Å². The summed E-state index contributed by atoms with van der Waals surface area (Å²) >= 11 is 0. The number of esters is 2. The zero-order valence-electron chi connectivity index (χ0n) is 36.2. The molecule has 0 aromatic rings. The molecule has 58 heavy (non-hydrogen) atoms. The molecule has 2 unspecified atom stereocenters. The van der Waals surface area contributed by atoms with Crippen LogP contribution in [0, 0.1) is 0 Å². The Morgan fingerprint density at radius 1 is 0.569 bits per heavy atom. The molecule has 0 radical (unpaired) electrons. The quantitative estimate of drug-likeness (QED) is 0.0200. The third kappa shape index (κ3) is 30.2. The molecule has 4 N–H and O–H groups in total. The average Bonchev–Trinajstić information content (AvgIpc) is 3.18. The molecule has 1 aliphatic rings. The molecule has 1 rings (SSSR count). The van der Waals surface area contributed by atoms with Crippen molar-refractivity contribution in [2.45, 2.75) is 230 Å². The van der Waals surface area contributed by atoms with Crippen LogP contribution in [-0.2, 0) is 38.7 Å². The molecule has 0 saturated carbocycles. The summed E-state index contributed by atoms with van der Waals surface area (Å²) in [6, 6.07) is 0. The molecule has 1 fully saturated rings. The topological polar surface area (TPSA) is 186 Å². The first-order valence-electron chi connectivity index (χ1n) is 22.9. The van der Waals surface area contributed by atoms with Crippen LogP contribution in [0.1, 0.15) is 194 Å². The van der Waals surface area contributed by atoms with Gasteiger partial charge in [-0.05, 0) is 57.8 Å². The van der Waals surface area contributed by atoms with Gasteiger partial charge in [0, 0.05) is 12.8 Å². The van der Waals surface area contributed by atoms with E-state index in [1.54, 1.807) is 0 Å². The van der Waals surface area contributed by atoms with Gasteiger partial charge in [0.05, 0.1) is 6.61 Å². The fourth-order valence-electron chi connectivity index (χ4n) is 6.89. The summed E-state index contributed by atoms with van der Waals surface area (Å²) in [6.45, 7) is 3.72. The lowest BCUT2D eigenvalue weighted by atomic mass is 10.00. The third-order valence-electron chi connectivity index (χ3n) is 10.5. The number of hydrogen-bond acceptors (Lipinski definition) is 11. The van der Waals surface area contributed by atoms with E-state index in [0.29, 0.717) is 12.8 Å². The van der Waals surface area contributed by atoms with E-state index in [-0.39, 0.29) is 19.4 Å². The third-order valence-corrected chi connectivity index (χ3v) is 11.3. The van der Waals surface area contributed by atoms with Crippen molar-refractivity contribution in [1.29, 1.82) is 0 Å². The lowest BCUT2D eigenvalue weighted by Crippen LogP contribution is -2.60. The number of aliphatic hydroxyl groups excluding tert-OH is 3. The highest BCUT2D eigenvalue weighted by atomic mass is 32.2. The first kappa shape index (κ1) is 54.1. The fraction of sp³-hybridized carbons (Fsp3) is 0.867. The normalized spacial score (nSPS) is 20.6. The van der Waals surface area contributed by atoms with Gasteiger partial charge in [0.25, 0.3) is 10.1 Å². The minimum atomic E-state index is -4.60. The lowest BCUT2D eigenvalue weighted by molar-refractivity contribution is -0.297. The van der Waals surface area contributed by atoms with Gasteiger partial charge in [-0.15, -0.1) is 0 Å². The second kappa shape index (κ2) is 35.8. The molecule has 1 heterocycles. The molecule has 0 aromatic heterocycles. The second-order valence-corrected chi connectivity index (χ2v) is 17.6. The molecule has 340 valence electrons. The number of allylic oxidation sites excluding steroid dienone is 4. The van der Waals surface area contributed by atoms with Gasteiger partial charge in [0.2, 0.25) is 0 Å². The number of carbonyl (C=O) groups is 2. The molecule has 0 amide bonds. The molecule has 13 heteroatoms. The van der Waals surface area contributed by atoms with Crippen molar-refractivity contribution in [3.8, 4) is 0 Å². The van der Waals surface area contributed by atoms with Crippen molar-refractivity contribution in [2.24, 2.45) is 0 Å². The van der Waals surface area contributed by atoms with Gasteiger partial charge in [-0.1, -0.05) is 147 Å². The van der Waals surface area contributed by atoms with Crippen LogP contribution in [0.2, 0.25) is 0 Å². The number of carbonyl (C=O) groups excluding carboxylic acids is 2. The Morgan fingerprint density at radius 3 is 1.50 bits per heavy atom. The minimum Gasteiger partial charge on any atom is -0.462 e. The highest BCUT2D eigenvalue weighted by Gasteiger charge is 2.46. The summed E-state index contributed by atoms with van der Waals surface area (Å²) in [7, 11) is -4.60. The molecular formula is C45H82O12S. The van der Waals surface area contributed by atoms with E-state index < -0.39 is 71.2 Å². The molecule has 1 aliphatic heterocycles. The first-order valence-corrected chi connectivity index (χ1v) is 24.5. The lowest BCUT2D eigenvalue weighted by Gasteiger charge is -2.40. The number of unbranched alkanes of at least 4 members (excludes halogenated alkanes) is 22. The Bertz CT molecular complexity index is 1180. The Balaban J connectivity index is 2.45. The van der Waals surface area contributed by atoms with Crippen molar-refractivity contribution in [1.82, 2.24) is 0 Å². The summed E-state index contributed by atoms with van der Waals surface area (Å²) in [5.41, 5.74) is 0. The van der Waals surface area contributed by atoms with E-state index in [1.807, 2.05) is 0 Å². The monoisotopic (exact) mass is 847 g/mol. The highest BCUT2D eigenvalue weighted by molar-refractivity contribution is 7.85. The maximum absolute atomic E-state index is 12.8. The molecule has 12 nitrogen and oxygen atoms in total. The summed E-state index contributed by atoms with van der Waals surface area (Å²) in [5.74, 6) is -2.00. The first-order chi connectivity index (χ1) is 28.0. The maximum atomic E-state index is 12.8. The predicted octanol–water partition coefficient (Wildman–Crippen LogP) is 9.23. The van der Waals surface area contributed by atoms with Crippen molar-refractivity contribution in [3.63, 3.8) is 0 Å². The fourth-order valence-corrected chi connectivity index (χ4v) is 7.58. The van der Waals surface area contributed by atoms with Crippen LogP contribution in [0.25, 0.3) is 0 Å². The Morgan fingerprint density at radius 2 is 1.00 bits per heavy atom. The standard InChI is InChI=1S/C45H82O12S/c1-3-5-7-9-11-13-15-17-19-21-23-25-27-29-31-33-40(46)54-35-38(36-55-45-44(50)43(49)42(48)39(57-45)37-58(51,52)53)56-41(47)34-32-30-28-26-24-22-20-18-16-14-12-10-8-6-4-2/h10,12,21,23,38-39,42-45,48-50H,3-9,11,13-20,22,24-37H2,1-2H3,(H,51,52,53)/b12-10+,23-21+/t38-,39-,42-,43?,44?,45+/m1/s1. The highest BCUT2D eigenvalue weighted by Crippen LogP contribution is 2.24. The van der Waals surface area contributed by atoms with Gasteiger partial charge in [0.15, 0.2) is 12.4 Å². The molecule has 0 spiro atoms. The van der Waals surface area contributed by atoms with Crippen molar-refractivity contribution in [2.75, 3.05) is 19.0 Å². The van der Waals surface area contributed by atoms with Crippen molar-refractivity contribution in [3.05, 3.63) is 24.3 Å². The second-order valence-electron chi connectivity index (χ2n) is 16.1. The van der Waals surface area contributed by atoms with E-state index >= 15 is 0 Å². The Kier molecular flexibility index (Phi) is 33.5. The summed E-state index contributed by atoms with van der Waals surface area (Å²) in [6.07, 6.45) is 29.3. The summed E-state index contributed by atoms with van der Waals surface area (Å²) in [4.78, 5) is 25.4. The van der Waals surface area contributed by atoms with Crippen LogP contribution < -0.4 is 0 Å². The SMILES string of the molecule is CCCC/C=C/CCCCCCCCCCCC(=O)O[C@H](COC(=O)CCCCC/C=C/CCCCCCCCCC)CO[C@H]1O[C@H](CS(=O)(=O)O)[C@@H](O)C(O)C1O. The van der Waals surface area contributed by atoms with Gasteiger partial charge >= 0.3 is 11.9 Å². The van der Waals surface area contributed by atoms with Crippen molar-refractivity contribution < 1.29 is 56.8 Å². The zero-order chi connectivity index (χ0) is 42.7. The van der Waals surface area contributed by atoms with Crippen LogP contribution in [0.3, 0.4) is 0 Å². The Hall–Kier alpha value is -1.87. The summed E-state index contributed by atoms with van der Waals surface area (Å²) in [5, 5.41) is 30.9. The smallest absolute Gasteiger partial charge is 0.306 e. The largest absolute Gasteiger partial charge is 0.462 e. The summed E-state index contributed by atoms with van der Waals surface area (Å²) < 4.78 is 54.0. The van der Waals surface area contributed by atoms with Gasteiger partial charge in [-0.2, -0.15) is 8.42 Å². The Labute approximate surface area is 351 Å². The number of hydrogen-bond donors (Lipinski definition) is 4. The van der Waals surface area contributed by atoms with Gasteiger partial charge < -0.3 is 34.3 Å². The zero-order valence-corrected chi connectivity index (χ0v) is 37.0. The van der Waals surface area contributed by atoms with Crippen LogP contribution in [0.15, 0.2) is 24.3 Å². The van der Waals surface area contributed by atoms with E-state index in [9.17, 15) is 37.9 Å². The van der Waals surface area contributed by atoms with E-state index in [0.717, 1.165) is 51.4 Å². The van der Waals surface area contributed by atoms with E-state index in [2.05, 4.69) is 38.2 Å². The van der Waals surface area contributed by atoms with Crippen LogP contribution in [-0.4, -0.2) is 96.0 Å². The molecule has 1 saturated heterocycles. The average molecular weight is 847 g/mol. The number of ether oxygens (including phenoxy) is 4. The van der Waals surface area contributed by atoms with Gasteiger partial charge in [-0.25, -0.2) is 0 Å². The van der Waals surface area contributed by atoms with Crippen LogP contribution in [0.4, 0.5) is 0 Å². The van der Waals surface area contributed by atoms with Gasteiger partial charge in [-0.3, -0.25) is 14.1 Å².